The number of aryl methyl sites for hydroxylation is 2. The van der Waals surface area contributed by atoms with Gasteiger partial charge in [-0.25, -0.2) is 13.1 Å². The molecule has 2 aromatic heterocycles. The van der Waals surface area contributed by atoms with E-state index >= 15 is 0 Å². The highest BCUT2D eigenvalue weighted by atomic mass is 35.5. The smallest absolute Gasteiger partial charge is 0.268 e. The number of halogens is 1. The first-order chi connectivity index (χ1) is 11.7. The predicted octanol–water partition coefficient (Wildman–Crippen LogP) is 2.71. The molecule has 0 saturated carbocycles. The maximum atomic E-state index is 12.6. The molecule has 0 saturated heterocycles. The summed E-state index contributed by atoms with van der Waals surface area (Å²) in [5.41, 5.74) is 1.31. The first kappa shape index (κ1) is 17.1. The number of benzene rings is 1. The van der Waals surface area contributed by atoms with Gasteiger partial charge in [0.1, 0.15) is 4.90 Å². The summed E-state index contributed by atoms with van der Waals surface area (Å²) in [6, 6.07) is 5.65. The van der Waals surface area contributed by atoms with E-state index in [0.29, 0.717) is 5.65 Å². The van der Waals surface area contributed by atoms with Crippen LogP contribution >= 0.6 is 11.6 Å². The highest BCUT2D eigenvalue weighted by Crippen LogP contribution is 2.30. The van der Waals surface area contributed by atoms with Gasteiger partial charge in [-0.1, -0.05) is 11.6 Å². The number of nitro benzene ring substituents is 1. The lowest BCUT2D eigenvalue weighted by Crippen LogP contribution is -2.16. The quantitative estimate of drug-likeness (QED) is 0.548. The molecule has 0 spiro atoms. The molecule has 0 amide bonds. The van der Waals surface area contributed by atoms with Crippen LogP contribution < -0.4 is 4.72 Å². The normalized spacial score (nSPS) is 11.6. The third kappa shape index (κ3) is 3.13. The van der Waals surface area contributed by atoms with Crippen molar-refractivity contribution in [3.63, 3.8) is 0 Å². The third-order valence-electron chi connectivity index (χ3n) is 3.53. The zero-order valence-electron chi connectivity index (χ0n) is 13.1. The fraction of sp³-hybridized carbons (Fsp3) is 0.143. The molecule has 25 heavy (non-hydrogen) atoms. The van der Waals surface area contributed by atoms with Crippen LogP contribution in [0, 0.1) is 24.0 Å². The Hall–Kier alpha value is -2.72. The summed E-state index contributed by atoms with van der Waals surface area (Å²) in [5.74, 6) is -0.0469. The molecule has 130 valence electrons. The molecule has 0 bridgehead atoms. The van der Waals surface area contributed by atoms with E-state index in [2.05, 4.69) is 14.9 Å². The van der Waals surface area contributed by atoms with Gasteiger partial charge in [-0.05, 0) is 37.6 Å². The predicted molar refractivity (Wildman–Crippen MR) is 91.4 cm³/mol. The standard InChI is InChI=1S/C14H12ClN5O4S/c1-8-3-4-19-13(5-8)16-17-14(19)18-25(23,24)12-7-11(20(21)22)9(2)6-10(12)15/h3-7H,1-2H3,(H,17,18). The van der Waals surface area contributed by atoms with Crippen LogP contribution in [-0.4, -0.2) is 27.9 Å². The van der Waals surface area contributed by atoms with Crippen molar-refractivity contribution in [2.75, 3.05) is 4.72 Å². The maximum absolute atomic E-state index is 12.6. The number of hydrogen-bond acceptors (Lipinski definition) is 6. The van der Waals surface area contributed by atoms with Crippen LogP contribution in [-0.2, 0) is 10.0 Å². The van der Waals surface area contributed by atoms with Gasteiger partial charge in [-0.15, -0.1) is 10.2 Å². The molecule has 0 aliphatic rings. The van der Waals surface area contributed by atoms with Gasteiger partial charge in [0.15, 0.2) is 5.65 Å². The Morgan fingerprint density at radius 3 is 2.64 bits per heavy atom. The Morgan fingerprint density at radius 1 is 1.24 bits per heavy atom. The highest BCUT2D eigenvalue weighted by molar-refractivity contribution is 7.92. The highest BCUT2D eigenvalue weighted by Gasteiger charge is 2.25. The first-order valence-electron chi connectivity index (χ1n) is 6.98. The van der Waals surface area contributed by atoms with Crippen molar-refractivity contribution >= 4 is 38.9 Å². The lowest BCUT2D eigenvalue weighted by molar-refractivity contribution is -0.385. The van der Waals surface area contributed by atoms with Crippen molar-refractivity contribution in [3.8, 4) is 0 Å². The Bertz CT molecular complexity index is 1110. The largest absolute Gasteiger partial charge is 0.273 e. The average molecular weight is 382 g/mol. The van der Waals surface area contributed by atoms with Gasteiger partial charge < -0.3 is 0 Å². The number of anilines is 1. The van der Waals surface area contributed by atoms with Crippen LogP contribution in [0.1, 0.15) is 11.1 Å². The molecule has 3 rings (SSSR count). The molecule has 1 N–H and O–H groups in total. The molecule has 3 aromatic rings. The number of aromatic nitrogens is 3. The number of hydrogen-bond donors (Lipinski definition) is 1. The van der Waals surface area contributed by atoms with Gasteiger partial charge in [-0.2, -0.15) is 0 Å². The lowest BCUT2D eigenvalue weighted by atomic mass is 10.2. The number of pyridine rings is 1. The molecule has 0 aliphatic carbocycles. The number of sulfonamides is 1. The molecule has 2 heterocycles. The lowest BCUT2D eigenvalue weighted by Gasteiger charge is -2.09. The van der Waals surface area contributed by atoms with E-state index in [9.17, 15) is 18.5 Å². The molecule has 9 nitrogen and oxygen atoms in total. The van der Waals surface area contributed by atoms with E-state index < -0.39 is 19.8 Å². The van der Waals surface area contributed by atoms with Crippen LogP contribution in [0.4, 0.5) is 11.6 Å². The molecule has 0 radical (unpaired) electrons. The van der Waals surface area contributed by atoms with Crippen molar-refractivity contribution in [1.82, 2.24) is 14.6 Å². The van der Waals surface area contributed by atoms with Crippen molar-refractivity contribution < 1.29 is 13.3 Å². The summed E-state index contributed by atoms with van der Waals surface area (Å²) in [4.78, 5) is 9.98. The average Bonchev–Trinajstić information content (AvgIpc) is 2.87. The minimum Gasteiger partial charge on any atom is -0.268 e. The fourth-order valence-corrected chi connectivity index (χ4v) is 3.88. The Morgan fingerprint density at radius 2 is 1.96 bits per heavy atom. The molecule has 1 aromatic carbocycles. The molecule has 0 unspecified atom stereocenters. The van der Waals surface area contributed by atoms with Crippen LogP contribution in [0.2, 0.25) is 5.02 Å². The minimum absolute atomic E-state index is 0.0469. The molecular formula is C14H12ClN5O4S. The summed E-state index contributed by atoms with van der Waals surface area (Å²) in [6.07, 6.45) is 1.61. The monoisotopic (exact) mass is 381 g/mol. The molecule has 11 heteroatoms. The molecular weight excluding hydrogens is 370 g/mol. The van der Waals surface area contributed by atoms with Crippen molar-refractivity contribution in [2.24, 2.45) is 0 Å². The third-order valence-corrected chi connectivity index (χ3v) is 5.32. The minimum atomic E-state index is -4.20. The van der Waals surface area contributed by atoms with E-state index in [1.165, 1.54) is 17.4 Å². The first-order valence-corrected chi connectivity index (χ1v) is 8.84. The maximum Gasteiger partial charge on any atom is 0.273 e. The van der Waals surface area contributed by atoms with Gasteiger partial charge in [0, 0.05) is 17.8 Å². The Labute approximate surface area is 147 Å². The van der Waals surface area contributed by atoms with Crippen LogP contribution in [0.3, 0.4) is 0 Å². The second-order valence-electron chi connectivity index (χ2n) is 5.39. The summed E-state index contributed by atoms with van der Waals surface area (Å²) >= 11 is 5.99. The van der Waals surface area contributed by atoms with Gasteiger partial charge in [0.05, 0.1) is 9.95 Å². The molecule has 0 aliphatic heterocycles. The number of nitrogens with zero attached hydrogens (tertiary/aromatic N) is 4. The SMILES string of the molecule is Cc1ccn2c(NS(=O)(=O)c3cc([N+](=O)[O-])c(C)cc3Cl)nnc2c1. The summed E-state index contributed by atoms with van der Waals surface area (Å²) in [5, 5.41) is 18.6. The number of rotatable bonds is 4. The Balaban J connectivity index is 2.07. The summed E-state index contributed by atoms with van der Waals surface area (Å²) in [6.45, 7) is 3.34. The van der Waals surface area contributed by atoms with Gasteiger partial charge >= 0.3 is 0 Å². The number of nitrogens with one attached hydrogen (secondary N) is 1. The number of fused-ring (bicyclic) bond motifs is 1. The zero-order valence-corrected chi connectivity index (χ0v) is 14.7. The van der Waals surface area contributed by atoms with E-state index in [1.807, 2.05) is 6.92 Å². The van der Waals surface area contributed by atoms with Gasteiger partial charge in [0.2, 0.25) is 5.95 Å². The summed E-state index contributed by atoms with van der Waals surface area (Å²) in [7, 11) is -4.20. The van der Waals surface area contributed by atoms with E-state index in [4.69, 9.17) is 11.6 Å². The topological polar surface area (TPSA) is 120 Å². The summed E-state index contributed by atoms with van der Waals surface area (Å²) < 4.78 is 28.9. The van der Waals surface area contributed by atoms with Crippen molar-refractivity contribution in [2.45, 2.75) is 18.7 Å². The molecule has 0 atom stereocenters. The second kappa shape index (κ2) is 5.97. The molecule has 0 fully saturated rings. The van der Waals surface area contributed by atoms with E-state index in [1.54, 1.807) is 18.3 Å². The zero-order chi connectivity index (χ0) is 18.4. The Kier molecular flexibility index (Phi) is 4.09. The van der Waals surface area contributed by atoms with E-state index in [-0.39, 0.29) is 22.2 Å². The van der Waals surface area contributed by atoms with E-state index in [0.717, 1.165) is 11.6 Å². The van der Waals surface area contributed by atoms with Crippen LogP contribution in [0.25, 0.3) is 5.65 Å². The van der Waals surface area contributed by atoms with Crippen molar-refractivity contribution in [3.05, 3.63) is 56.7 Å². The second-order valence-corrected chi connectivity index (χ2v) is 7.45. The van der Waals surface area contributed by atoms with Gasteiger partial charge in [0.25, 0.3) is 15.7 Å². The van der Waals surface area contributed by atoms with Crippen LogP contribution in [0.5, 0.6) is 0 Å². The van der Waals surface area contributed by atoms with Crippen molar-refractivity contribution in [1.29, 1.82) is 0 Å². The van der Waals surface area contributed by atoms with Crippen LogP contribution in [0.15, 0.2) is 35.4 Å². The fourth-order valence-electron chi connectivity index (χ4n) is 2.28. The number of nitro groups is 1. The van der Waals surface area contributed by atoms with Gasteiger partial charge in [-0.3, -0.25) is 14.5 Å².